The Balaban J connectivity index is 0. The van der Waals surface area contributed by atoms with Gasteiger partial charge in [-0.05, 0) is 19.3 Å². The van der Waals surface area contributed by atoms with Crippen LogP contribution in [0.1, 0.15) is 97.8 Å². The van der Waals surface area contributed by atoms with Crippen molar-refractivity contribution in [3.8, 4) is 0 Å². The summed E-state index contributed by atoms with van der Waals surface area (Å²) in [5.41, 5.74) is -0.349. The molecule has 0 aromatic heterocycles. The molecule has 0 rings (SSSR count). The maximum absolute atomic E-state index is 10.6. The first kappa shape index (κ1) is 20.8. The van der Waals surface area contributed by atoms with Crippen molar-refractivity contribution in [2.75, 3.05) is 0 Å². The Labute approximate surface area is 126 Å². The van der Waals surface area contributed by atoms with E-state index in [2.05, 4.69) is 20.8 Å². The van der Waals surface area contributed by atoms with Gasteiger partial charge in [0, 0.05) is 0 Å². The Hall–Kier alpha value is 0.492. The van der Waals surface area contributed by atoms with E-state index in [1.54, 1.807) is 0 Å². The second-order valence-electron chi connectivity index (χ2n) is 5.60. The fraction of sp³-hybridized carbons (Fsp3) is 1.00. The van der Waals surface area contributed by atoms with Gasteiger partial charge in [0.25, 0.3) is 0 Å². The second kappa shape index (κ2) is 13.9. The Morgan fingerprint density at radius 1 is 0.611 bits per heavy atom. The van der Waals surface area contributed by atoms with E-state index in [-0.39, 0.29) is 23.0 Å². The van der Waals surface area contributed by atoms with Crippen LogP contribution in [0.3, 0.4) is 0 Å². The summed E-state index contributed by atoms with van der Waals surface area (Å²) in [4.78, 5) is 0. The Morgan fingerprint density at radius 2 is 1.00 bits per heavy atom. The zero-order valence-electron chi connectivity index (χ0n) is 12.4. The molecule has 0 radical (unpaired) electrons. The van der Waals surface area contributed by atoms with Crippen LogP contribution >= 0.6 is 0 Å². The lowest BCUT2D eigenvalue weighted by molar-refractivity contribution is 0.00789. The fourth-order valence-electron chi connectivity index (χ4n) is 2.44. The average Bonchev–Trinajstić information content (AvgIpc) is 2.34. The number of hydrogen-bond donors (Lipinski definition) is 1. The molecule has 0 spiro atoms. The summed E-state index contributed by atoms with van der Waals surface area (Å²) in [6, 6.07) is 0. The highest BCUT2D eigenvalue weighted by Gasteiger charge is 2.24. The van der Waals surface area contributed by atoms with Crippen LogP contribution in [-0.2, 0) is 0 Å². The van der Waals surface area contributed by atoms with Crippen molar-refractivity contribution in [2.45, 2.75) is 103 Å². The molecule has 18 heavy (non-hydrogen) atoms. The van der Waals surface area contributed by atoms with Crippen molar-refractivity contribution in [2.24, 2.45) is 0 Å². The van der Waals surface area contributed by atoms with Crippen LogP contribution in [0.5, 0.6) is 0 Å². The molecule has 1 N–H and O–H groups in total. The predicted octanol–water partition coefficient (Wildman–Crippen LogP) is 4.27. The number of hydrogen-bond acceptors (Lipinski definition) is 1. The van der Waals surface area contributed by atoms with Gasteiger partial charge in [0.1, 0.15) is 0 Å². The molecule has 0 atom stereocenters. The van der Waals surface area contributed by atoms with Crippen molar-refractivity contribution >= 4 is 17.4 Å². The van der Waals surface area contributed by atoms with Gasteiger partial charge in [-0.1, -0.05) is 78.6 Å². The normalized spacial score (nSPS) is 11.3. The van der Waals surface area contributed by atoms with E-state index in [4.69, 9.17) is 0 Å². The average molecular weight is 272 g/mol. The molecular weight excluding hydrogens is 235 g/mol. The van der Waals surface area contributed by atoms with E-state index in [1.165, 1.54) is 57.8 Å². The maximum atomic E-state index is 10.6. The molecule has 0 unspecified atom stereocenters. The molecular formula is C16H37AlO. The first-order valence-electron chi connectivity index (χ1n) is 7.91. The van der Waals surface area contributed by atoms with Gasteiger partial charge in [-0.15, -0.1) is 0 Å². The van der Waals surface area contributed by atoms with E-state index in [9.17, 15) is 5.11 Å². The molecule has 0 amide bonds. The van der Waals surface area contributed by atoms with Gasteiger partial charge in [-0.3, -0.25) is 0 Å². The van der Waals surface area contributed by atoms with Crippen molar-refractivity contribution in [1.82, 2.24) is 0 Å². The molecule has 110 valence electrons. The van der Waals surface area contributed by atoms with E-state index in [0.29, 0.717) is 0 Å². The zero-order valence-corrected chi connectivity index (χ0v) is 12.4. The third kappa shape index (κ3) is 11.6. The summed E-state index contributed by atoms with van der Waals surface area (Å²) < 4.78 is 0. The third-order valence-electron chi connectivity index (χ3n) is 3.74. The van der Waals surface area contributed by atoms with Crippen LogP contribution in [0, 0.1) is 0 Å². The molecule has 0 aliphatic heterocycles. The molecule has 1 nitrogen and oxygen atoms in total. The van der Waals surface area contributed by atoms with Gasteiger partial charge in [0.05, 0.1) is 5.60 Å². The number of unbranched alkanes of at least 4 members (excludes halogenated alkanes) is 6. The lowest BCUT2D eigenvalue weighted by atomic mass is 9.86. The maximum Gasteiger partial charge on any atom is 0.187 e. The molecule has 0 aromatic carbocycles. The smallest absolute Gasteiger partial charge is 0.187 e. The second-order valence-corrected chi connectivity index (χ2v) is 5.60. The number of aliphatic hydroxyl groups is 1. The minimum Gasteiger partial charge on any atom is -0.390 e. The monoisotopic (exact) mass is 272 g/mol. The Kier molecular flexibility index (Phi) is 16.1. The fourth-order valence-corrected chi connectivity index (χ4v) is 2.44. The summed E-state index contributed by atoms with van der Waals surface area (Å²) in [5.74, 6) is 0. The number of rotatable bonds is 12. The molecule has 0 saturated carbocycles. The van der Waals surface area contributed by atoms with E-state index in [1.807, 2.05) is 0 Å². The van der Waals surface area contributed by atoms with Crippen molar-refractivity contribution < 1.29 is 5.11 Å². The minimum absolute atomic E-state index is 0. The summed E-state index contributed by atoms with van der Waals surface area (Å²) in [6.07, 6.45) is 14.3. The Bertz CT molecular complexity index is 151. The molecule has 0 fully saturated rings. The van der Waals surface area contributed by atoms with Gasteiger partial charge < -0.3 is 5.11 Å². The quantitative estimate of drug-likeness (QED) is 0.415. The highest BCUT2D eigenvalue weighted by molar-refractivity contribution is 5.75. The van der Waals surface area contributed by atoms with Crippen LogP contribution in [0.15, 0.2) is 0 Å². The largest absolute Gasteiger partial charge is 0.390 e. The van der Waals surface area contributed by atoms with E-state index >= 15 is 0 Å². The van der Waals surface area contributed by atoms with Gasteiger partial charge in [-0.25, -0.2) is 0 Å². The molecule has 0 aromatic rings. The van der Waals surface area contributed by atoms with Gasteiger partial charge in [-0.2, -0.15) is 0 Å². The highest BCUT2D eigenvalue weighted by Crippen LogP contribution is 2.27. The van der Waals surface area contributed by atoms with Crippen LogP contribution in [0.2, 0.25) is 0 Å². The minimum atomic E-state index is -0.349. The van der Waals surface area contributed by atoms with Crippen molar-refractivity contribution in [3.63, 3.8) is 0 Å². The van der Waals surface area contributed by atoms with Crippen molar-refractivity contribution in [3.05, 3.63) is 0 Å². The summed E-state index contributed by atoms with van der Waals surface area (Å²) in [7, 11) is 0. The molecule has 0 aliphatic carbocycles. The molecule has 0 aliphatic rings. The standard InChI is InChI=1S/C16H34O.Al.3H/c1-4-7-10-11-12-15-16(17,13-8-5-2)14-9-6-3;;;;/h17H,4-15H2,1-3H3;;;;. The van der Waals surface area contributed by atoms with Crippen LogP contribution in [0.4, 0.5) is 0 Å². The summed E-state index contributed by atoms with van der Waals surface area (Å²) >= 11 is 0. The molecule has 0 bridgehead atoms. The van der Waals surface area contributed by atoms with Crippen LogP contribution in [0.25, 0.3) is 0 Å². The zero-order chi connectivity index (χ0) is 13.0. The summed E-state index contributed by atoms with van der Waals surface area (Å²) in [5, 5.41) is 10.6. The third-order valence-corrected chi connectivity index (χ3v) is 3.74. The first-order valence-corrected chi connectivity index (χ1v) is 7.91. The Morgan fingerprint density at radius 3 is 1.44 bits per heavy atom. The molecule has 0 saturated heterocycles. The SMILES string of the molecule is CCCCCCCC(O)(CCCC)CCCC.[AlH3]. The molecule has 0 heterocycles. The first-order chi connectivity index (χ1) is 8.18. The van der Waals surface area contributed by atoms with Gasteiger partial charge in [0.2, 0.25) is 0 Å². The van der Waals surface area contributed by atoms with Gasteiger partial charge >= 0.3 is 0 Å². The topological polar surface area (TPSA) is 20.2 Å². The van der Waals surface area contributed by atoms with Crippen LogP contribution < -0.4 is 0 Å². The highest BCUT2D eigenvalue weighted by atomic mass is 27.0. The molecule has 2 heteroatoms. The summed E-state index contributed by atoms with van der Waals surface area (Å²) in [6.45, 7) is 6.67. The lowest BCUT2D eigenvalue weighted by Gasteiger charge is -2.28. The van der Waals surface area contributed by atoms with Gasteiger partial charge in [0.15, 0.2) is 17.4 Å². The van der Waals surface area contributed by atoms with Crippen LogP contribution in [-0.4, -0.2) is 28.1 Å². The lowest BCUT2D eigenvalue weighted by Crippen LogP contribution is -2.28. The predicted molar refractivity (Wildman–Crippen MR) is 87.3 cm³/mol. The van der Waals surface area contributed by atoms with Crippen molar-refractivity contribution in [1.29, 1.82) is 0 Å². The van der Waals surface area contributed by atoms with E-state index in [0.717, 1.165) is 19.3 Å². The van der Waals surface area contributed by atoms with E-state index < -0.39 is 0 Å².